The van der Waals surface area contributed by atoms with Crippen LogP contribution in [0.15, 0.2) is 42.6 Å². The summed E-state index contributed by atoms with van der Waals surface area (Å²) in [6.45, 7) is 9.61. The largest absolute Gasteiger partial charge is 0.444 e. The highest BCUT2D eigenvalue weighted by atomic mass is 16.6. The smallest absolute Gasteiger partial charge is 0.407 e. The number of nitrogens with one attached hydrogen (secondary N) is 3. The molecule has 3 amide bonds. The molecule has 0 atom stereocenters. The summed E-state index contributed by atoms with van der Waals surface area (Å²) in [5.74, 6) is 0.958. The third-order valence-corrected chi connectivity index (χ3v) is 7.53. The van der Waals surface area contributed by atoms with Gasteiger partial charge in [-0.1, -0.05) is 25.8 Å². The number of hydrogen-bond donors (Lipinski definition) is 4. The molecule has 0 unspecified atom stereocenters. The van der Waals surface area contributed by atoms with Gasteiger partial charge in [-0.05, 0) is 82.3 Å². The number of carbonyl (C=O) groups excluding carboxylic acids is 3. The molecule has 1 aliphatic heterocycles. The zero-order valence-electron chi connectivity index (χ0n) is 26.2. The third-order valence-electron chi connectivity index (χ3n) is 7.53. The number of aromatic nitrogens is 2. The van der Waals surface area contributed by atoms with Crippen LogP contribution < -0.4 is 26.6 Å². The van der Waals surface area contributed by atoms with E-state index >= 15 is 0 Å². The van der Waals surface area contributed by atoms with Gasteiger partial charge < -0.3 is 31.3 Å². The van der Waals surface area contributed by atoms with Crippen molar-refractivity contribution in [2.45, 2.75) is 71.8 Å². The second-order valence-electron chi connectivity index (χ2n) is 12.2. The van der Waals surface area contributed by atoms with Crippen LogP contribution in [0.5, 0.6) is 0 Å². The first-order valence-corrected chi connectivity index (χ1v) is 15.5. The Morgan fingerprint density at radius 2 is 1.77 bits per heavy atom. The van der Waals surface area contributed by atoms with Crippen LogP contribution in [0.1, 0.15) is 75.7 Å². The number of anilines is 3. The Hall–Kier alpha value is -4.41. The molecule has 11 heteroatoms. The van der Waals surface area contributed by atoms with Gasteiger partial charge in [0.05, 0.1) is 17.4 Å². The van der Waals surface area contributed by atoms with Crippen molar-refractivity contribution in [1.29, 1.82) is 0 Å². The molecule has 0 saturated carbocycles. The number of ether oxygens (including phenoxy) is 1. The number of nitrogen functional groups attached to an aromatic ring is 1. The van der Waals surface area contributed by atoms with Crippen molar-refractivity contribution in [3.8, 4) is 0 Å². The van der Waals surface area contributed by atoms with E-state index in [1.807, 2.05) is 18.2 Å². The minimum Gasteiger partial charge on any atom is -0.444 e. The van der Waals surface area contributed by atoms with E-state index in [1.54, 1.807) is 39.1 Å². The summed E-state index contributed by atoms with van der Waals surface area (Å²) in [5, 5.41) is 9.41. The Balaban J connectivity index is 1.23. The van der Waals surface area contributed by atoms with Gasteiger partial charge in [0.25, 0.3) is 5.91 Å². The second-order valence-corrected chi connectivity index (χ2v) is 12.2. The van der Waals surface area contributed by atoms with Gasteiger partial charge in [0.1, 0.15) is 17.2 Å². The first-order valence-electron chi connectivity index (χ1n) is 15.5. The van der Waals surface area contributed by atoms with Crippen molar-refractivity contribution in [1.82, 2.24) is 20.6 Å². The molecule has 0 aliphatic carbocycles. The number of unbranched alkanes of at least 4 members (excludes halogenated alkanes) is 2. The molecule has 4 rings (SSSR count). The van der Waals surface area contributed by atoms with Gasteiger partial charge in [-0.15, -0.1) is 0 Å². The van der Waals surface area contributed by atoms with E-state index in [-0.39, 0.29) is 17.7 Å². The van der Waals surface area contributed by atoms with Crippen LogP contribution in [0.25, 0.3) is 10.9 Å². The lowest BCUT2D eigenvalue weighted by Gasteiger charge is -2.32. The summed E-state index contributed by atoms with van der Waals surface area (Å²) in [4.78, 5) is 48.5. The number of nitrogens with two attached hydrogens (primary N) is 1. The molecule has 1 aromatic carbocycles. The van der Waals surface area contributed by atoms with Crippen LogP contribution in [-0.2, 0) is 16.0 Å². The fraction of sp³-hybridized carbons (Fsp3) is 0.485. The predicted molar refractivity (Wildman–Crippen MR) is 174 cm³/mol. The zero-order valence-corrected chi connectivity index (χ0v) is 26.2. The van der Waals surface area contributed by atoms with Crippen molar-refractivity contribution in [3.05, 3.63) is 53.7 Å². The lowest BCUT2D eigenvalue weighted by atomic mass is 9.96. The molecule has 5 N–H and O–H groups in total. The summed E-state index contributed by atoms with van der Waals surface area (Å²) in [6, 6.07) is 11.2. The number of pyridine rings is 2. The molecule has 0 radical (unpaired) electrons. The highest BCUT2D eigenvalue weighted by molar-refractivity contribution is 6.06. The number of benzene rings is 1. The lowest BCUT2D eigenvalue weighted by molar-refractivity contribution is -0.125. The summed E-state index contributed by atoms with van der Waals surface area (Å²) < 4.78 is 5.19. The number of hydrogen-bond acceptors (Lipinski definition) is 8. The summed E-state index contributed by atoms with van der Waals surface area (Å²) in [6.07, 6.45) is 6.83. The SMILES string of the molecule is CCCCCc1cc2ccc(C(=O)Nc3ccc(N4CCC(C(=O)NCCNC(=O)OC(C)(C)C)CC4)nc3)cc2nc1N. The molecule has 1 fully saturated rings. The average molecular weight is 604 g/mol. The van der Waals surface area contributed by atoms with Crippen molar-refractivity contribution in [3.63, 3.8) is 0 Å². The molecule has 1 aliphatic rings. The monoisotopic (exact) mass is 603 g/mol. The maximum Gasteiger partial charge on any atom is 0.407 e. The van der Waals surface area contributed by atoms with E-state index in [1.165, 1.54) is 0 Å². The number of fused-ring (bicyclic) bond motifs is 1. The molecule has 236 valence electrons. The molecule has 0 spiro atoms. The van der Waals surface area contributed by atoms with Crippen molar-refractivity contribution >= 4 is 46.1 Å². The van der Waals surface area contributed by atoms with Gasteiger partial charge >= 0.3 is 6.09 Å². The Bertz CT molecular complexity index is 1450. The summed E-state index contributed by atoms with van der Waals surface area (Å²) in [5.41, 5.74) is 8.47. The van der Waals surface area contributed by atoms with E-state index in [9.17, 15) is 14.4 Å². The van der Waals surface area contributed by atoms with Crippen molar-refractivity contribution in [2.24, 2.45) is 5.92 Å². The second kappa shape index (κ2) is 14.9. The normalized spacial score (nSPS) is 13.9. The molecule has 44 heavy (non-hydrogen) atoms. The predicted octanol–water partition coefficient (Wildman–Crippen LogP) is 5.05. The number of nitrogens with zero attached hydrogens (tertiary/aromatic N) is 3. The van der Waals surface area contributed by atoms with Gasteiger partial charge in [0.2, 0.25) is 5.91 Å². The highest BCUT2D eigenvalue weighted by Gasteiger charge is 2.25. The molecular formula is C33H45N7O4. The van der Waals surface area contributed by atoms with E-state index in [0.717, 1.165) is 42.5 Å². The van der Waals surface area contributed by atoms with Gasteiger partial charge in [-0.3, -0.25) is 9.59 Å². The van der Waals surface area contributed by atoms with Crippen molar-refractivity contribution in [2.75, 3.05) is 42.1 Å². The van der Waals surface area contributed by atoms with E-state index in [0.29, 0.717) is 61.6 Å². The molecule has 0 bridgehead atoms. The maximum absolute atomic E-state index is 13.0. The molecule has 3 aromatic rings. The van der Waals surface area contributed by atoms with Crippen LogP contribution in [0.3, 0.4) is 0 Å². The Kier molecular flexibility index (Phi) is 11.0. The van der Waals surface area contributed by atoms with Gasteiger partial charge in [0.15, 0.2) is 0 Å². The molecule has 2 aromatic heterocycles. The standard InChI is InChI=1S/C33H45N7O4/c1-5-6-7-8-24-19-23-9-10-25(20-27(23)39-29(24)34)31(42)38-26-11-12-28(37-21-26)40-17-13-22(14-18-40)30(41)35-15-16-36-32(43)44-33(2,3)4/h9-12,19-22H,5-8,13-18H2,1-4H3,(H2,34,39)(H,35,41)(H,36,43)(H,38,42). The van der Waals surface area contributed by atoms with Gasteiger partial charge in [0, 0.05) is 43.0 Å². The molecular weight excluding hydrogens is 558 g/mol. The van der Waals surface area contributed by atoms with Crippen LogP contribution >= 0.6 is 0 Å². The summed E-state index contributed by atoms with van der Waals surface area (Å²) in [7, 11) is 0. The van der Waals surface area contributed by atoms with Crippen LogP contribution in [0.4, 0.5) is 22.1 Å². The van der Waals surface area contributed by atoms with Crippen LogP contribution in [-0.4, -0.2) is 59.7 Å². The van der Waals surface area contributed by atoms with Crippen molar-refractivity contribution < 1.29 is 19.1 Å². The molecule has 3 heterocycles. The first-order chi connectivity index (χ1) is 21.0. The fourth-order valence-corrected chi connectivity index (χ4v) is 5.16. The van der Waals surface area contributed by atoms with E-state index < -0.39 is 11.7 Å². The first kappa shape index (κ1) is 32.5. The summed E-state index contributed by atoms with van der Waals surface area (Å²) >= 11 is 0. The lowest BCUT2D eigenvalue weighted by Crippen LogP contribution is -2.43. The number of alkyl carbamates (subject to hydrolysis) is 1. The topological polar surface area (TPSA) is 152 Å². The average Bonchev–Trinajstić information content (AvgIpc) is 2.99. The molecule has 11 nitrogen and oxygen atoms in total. The Morgan fingerprint density at radius 3 is 2.45 bits per heavy atom. The van der Waals surface area contributed by atoms with Gasteiger partial charge in [-0.2, -0.15) is 0 Å². The van der Waals surface area contributed by atoms with E-state index in [4.69, 9.17) is 10.5 Å². The minimum atomic E-state index is -0.561. The highest BCUT2D eigenvalue weighted by Crippen LogP contribution is 2.24. The Morgan fingerprint density at radius 1 is 1.02 bits per heavy atom. The maximum atomic E-state index is 13.0. The number of carbonyl (C=O) groups is 3. The quantitative estimate of drug-likeness (QED) is 0.222. The molecule has 1 saturated heterocycles. The van der Waals surface area contributed by atoms with Crippen LogP contribution in [0.2, 0.25) is 0 Å². The van der Waals surface area contributed by atoms with Gasteiger partial charge in [-0.25, -0.2) is 14.8 Å². The van der Waals surface area contributed by atoms with E-state index in [2.05, 4.69) is 43.8 Å². The number of aryl methyl sites for hydroxylation is 1. The zero-order chi connectivity index (χ0) is 31.7. The Labute approximate surface area is 259 Å². The fourth-order valence-electron chi connectivity index (χ4n) is 5.16. The number of piperidine rings is 1. The third kappa shape index (κ3) is 9.29. The van der Waals surface area contributed by atoms with Crippen LogP contribution in [0, 0.1) is 5.92 Å². The number of amides is 3. The number of rotatable bonds is 11. The minimum absolute atomic E-state index is 0.0133.